The van der Waals surface area contributed by atoms with E-state index >= 15 is 0 Å². The molecule has 9 heteroatoms. The van der Waals surface area contributed by atoms with Gasteiger partial charge < -0.3 is 9.64 Å². The van der Waals surface area contributed by atoms with Crippen molar-refractivity contribution < 1.29 is 17.9 Å². The summed E-state index contributed by atoms with van der Waals surface area (Å²) in [6.45, 7) is 3.09. The highest BCUT2D eigenvalue weighted by Crippen LogP contribution is 2.27. The average molecular weight is 344 g/mol. The fraction of sp³-hybridized carbons (Fsp3) is 0.714. The van der Waals surface area contributed by atoms with Gasteiger partial charge in [0.1, 0.15) is 0 Å². The molecule has 1 aliphatic rings. The molecule has 23 heavy (non-hydrogen) atoms. The summed E-state index contributed by atoms with van der Waals surface area (Å²) in [5, 5.41) is 4.09. The van der Waals surface area contributed by atoms with Gasteiger partial charge in [-0.3, -0.25) is 9.48 Å². The summed E-state index contributed by atoms with van der Waals surface area (Å²) in [6, 6.07) is 0. The molecule has 1 saturated heterocycles. The molecule has 1 atom stereocenters. The van der Waals surface area contributed by atoms with Gasteiger partial charge in [0.05, 0.1) is 23.6 Å². The number of likely N-dealkylation sites (tertiary alicyclic amines) is 1. The molecule has 8 nitrogen and oxygen atoms in total. The molecule has 0 aliphatic carbocycles. The lowest BCUT2D eigenvalue weighted by Gasteiger charge is -2.29. The van der Waals surface area contributed by atoms with E-state index in [2.05, 4.69) is 9.82 Å². The van der Waals surface area contributed by atoms with Gasteiger partial charge in [0, 0.05) is 39.5 Å². The van der Waals surface area contributed by atoms with Crippen LogP contribution in [-0.2, 0) is 21.8 Å². The van der Waals surface area contributed by atoms with Crippen LogP contribution in [-0.4, -0.2) is 67.6 Å². The maximum absolute atomic E-state index is 12.7. The second-order valence-corrected chi connectivity index (χ2v) is 7.89. The highest BCUT2D eigenvalue weighted by atomic mass is 32.2. The number of hydrogen-bond donors (Lipinski definition) is 1. The van der Waals surface area contributed by atoms with Crippen LogP contribution in [0.25, 0.3) is 0 Å². The molecule has 0 spiro atoms. The highest BCUT2D eigenvalue weighted by molar-refractivity contribution is 7.88. The number of nitrogens with zero attached hydrogens (tertiary/aromatic N) is 3. The zero-order chi connectivity index (χ0) is 17.3. The lowest BCUT2D eigenvalue weighted by Crippen LogP contribution is -2.51. The van der Waals surface area contributed by atoms with Crippen LogP contribution < -0.4 is 4.72 Å². The third kappa shape index (κ3) is 4.10. The van der Waals surface area contributed by atoms with Crippen molar-refractivity contribution in [3.63, 3.8) is 0 Å². The van der Waals surface area contributed by atoms with Crippen molar-refractivity contribution in [1.29, 1.82) is 0 Å². The fourth-order valence-electron chi connectivity index (χ4n) is 2.95. The molecule has 1 aromatic rings. The number of aromatic nitrogens is 2. The molecule has 2 heterocycles. The SMILES string of the molecule is COCCC1(NS(C)(=O)=O)CCN(C(=O)c2cnn(C)c2C)C1. The Hall–Kier alpha value is -1.45. The molecule has 2 rings (SSSR count). The molecule has 130 valence electrons. The molecule has 1 fully saturated rings. The van der Waals surface area contributed by atoms with Crippen molar-refractivity contribution in [2.45, 2.75) is 25.3 Å². The van der Waals surface area contributed by atoms with Crippen molar-refractivity contribution in [2.24, 2.45) is 7.05 Å². The second-order valence-electron chi connectivity index (χ2n) is 6.14. The Morgan fingerprint density at radius 1 is 1.52 bits per heavy atom. The van der Waals surface area contributed by atoms with Crippen molar-refractivity contribution >= 4 is 15.9 Å². The van der Waals surface area contributed by atoms with Crippen LogP contribution in [0.3, 0.4) is 0 Å². The fourth-order valence-corrected chi connectivity index (χ4v) is 4.01. The van der Waals surface area contributed by atoms with E-state index in [9.17, 15) is 13.2 Å². The molecule has 0 saturated carbocycles. The summed E-state index contributed by atoms with van der Waals surface area (Å²) in [6.07, 6.45) is 3.77. The summed E-state index contributed by atoms with van der Waals surface area (Å²) in [5.41, 5.74) is 0.671. The van der Waals surface area contributed by atoms with E-state index in [1.54, 1.807) is 29.9 Å². The number of methoxy groups -OCH3 is 1. The maximum atomic E-state index is 12.7. The predicted octanol–water partition coefficient (Wildman–Crippen LogP) is -0.101. The Labute approximate surface area is 136 Å². The summed E-state index contributed by atoms with van der Waals surface area (Å²) in [5.74, 6) is -0.120. The number of rotatable bonds is 6. The van der Waals surface area contributed by atoms with Gasteiger partial charge in [-0.1, -0.05) is 0 Å². The highest BCUT2D eigenvalue weighted by Gasteiger charge is 2.42. The minimum Gasteiger partial charge on any atom is -0.385 e. The Morgan fingerprint density at radius 3 is 2.74 bits per heavy atom. The van der Waals surface area contributed by atoms with Crippen LogP contribution in [0.4, 0.5) is 0 Å². The number of aryl methyl sites for hydroxylation is 1. The van der Waals surface area contributed by atoms with E-state index in [1.807, 2.05) is 6.92 Å². The Morgan fingerprint density at radius 2 is 2.22 bits per heavy atom. The van der Waals surface area contributed by atoms with Gasteiger partial charge in [0.15, 0.2) is 0 Å². The molecule has 0 radical (unpaired) electrons. The topological polar surface area (TPSA) is 93.5 Å². The Bertz CT molecular complexity index is 685. The number of hydrogen-bond acceptors (Lipinski definition) is 5. The molecule has 1 amide bonds. The summed E-state index contributed by atoms with van der Waals surface area (Å²) < 4.78 is 32.8. The van der Waals surface area contributed by atoms with Gasteiger partial charge in [0.2, 0.25) is 10.0 Å². The van der Waals surface area contributed by atoms with E-state index < -0.39 is 15.6 Å². The van der Waals surface area contributed by atoms with Gasteiger partial charge in [-0.05, 0) is 19.8 Å². The molecule has 1 unspecified atom stereocenters. The first kappa shape index (κ1) is 17.9. The third-order valence-electron chi connectivity index (χ3n) is 4.29. The normalized spacial score (nSPS) is 21.8. The lowest BCUT2D eigenvalue weighted by atomic mass is 9.96. The number of sulfonamides is 1. The van der Waals surface area contributed by atoms with E-state index in [1.165, 1.54) is 0 Å². The van der Waals surface area contributed by atoms with Crippen LogP contribution in [0, 0.1) is 6.92 Å². The smallest absolute Gasteiger partial charge is 0.257 e. The van der Waals surface area contributed by atoms with Crippen molar-refractivity contribution in [3.05, 3.63) is 17.5 Å². The number of carbonyl (C=O) groups is 1. The van der Waals surface area contributed by atoms with E-state index in [0.717, 1.165) is 11.9 Å². The average Bonchev–Trinajstić information content (AvgIpc) is 3.00. The summed E-state index contributed by atoms with van der Waals surface area (Å²) >= 11 is 0. The Balaban J connectivity index is 2.18. The summed E-state index contributed by atoms with van der Waals surface area (Å²) in [4.78, 5) is 14.4. The quantitative estimate of drug-likeness (QED) is 0.778. The Kier molecular flexibility index (Phi) is 5.12. The third-order valence-corrected chi connectivity index (χ3v) is 5.10. The molecule has 1 aromatic heterocycles. The molecular formula is C14H24N4O4S. The lowest BCUT2D eigenvalue weighted by molar-refractivity contribution is 0.0774. The largest absolute Gasteiger partial charge is 0.385 e. The number of ether oxygens (including phenoxy) is 1. The zero-order valence-electron chi connectivity index (χ0n) is 14.0. The monoisotopic (exact) mass is 344 g/mol. The molecule has 0 aromatic carbocycles. The van der Waals surface area contributed by atoms with Crippen molar-refractivity contribution in [3.8, 4) is 0 Å². The second kappa shape index (κ2) is 6.58. The minimum absolute atomic E-state index is 0.120. The van der Waals surface area contributed by atoms with Crippen LogP contribution >= 0.6 is 0 Å². The number of carbonyl (C=O) groups excluding carboxylic acids is 1. The van der Waals surface area contributed by atoms with Crippen LogP contribution in [0.15, 0.2) is 6.20 Å². The van der Waals surface area contributed by atoms with Gasteiger partial charge in [-0.25, -0.2) is 13.1 Å². The van der Waals surface area contributed by atoms with Crippen LogP contribution in [0.2, 0.25) is 0 Å². The minimum atomic E-state index is -3.37. The molecule has 1 N–H and O–H groups in total. The van der Waals surface area contributed by atoms with Gasteiger partial charge in [0.25, 0.3) is 5.91 Å². The zero-order valence-corrected chi connectivity index (χ0v) is 14.8. The number of amides is 1. The molecule has 1 aliphatic heterocycles. The first-order valence-electron chi connectivity index (χ1n) is 7.43. The van der Waals surface area contributed by atoms with E-state index in [4.69, 9.17) is 4.74 Å². The first-order valence-corrected chi connectivity index (χ1v) is 9.32. The van der Waals surface area contributed by atoms with Gasteiger partial charge in [-0.15, -0.1) is 0 Å². The first-order chi connectivity index (χ1) is 10.7. The summed E-state index contributed by atoms with van der Waals surface area (Å²) in [7, 11) is -0.0178. The van der Waals surface area contributed by atoms with Gasteiger partial charge in [-0.2, -0.15) is 5.10 Å². The van der Waals surface area contributed by atoms with E-state index in [-0.39, 0.29) is 5.91 Å². The van der Waals surface area contributed by atoms with Gasteiger partial charge >= 0.3 is 0 Å². The maximum Gasteiger partial charge on any atom is 0.257 e. The van der Waals surface area contributed by atoms with Crippen LogP contribution in [0.1, 0.15) is 28.9 Å². The number of nitrogens with one attached hydrogen (secondary N) is 1. The molecular weight excluding hydrogens is 320 g/mol. The standard InChI is InChI=1S/C14H24N4O4S/c1-11-12(9-15-17(11)2)13(19)18-7-5-14(10-18,6-8-22-3)16-23(4,20)21/h9,16H,5-8,10H2,1-4H3. The van der Waals surface area contributed by atoms with Crippen LogP contribution in [0.5, 0.6) is 0 Å². The van der Waals surface area contributed by atoms with E-state index in [0.29, 0.717) is 38.1 Å². The molecule has 0 bridgehead atoms. The van der Waals surface area contributed by atoms with Crippen molar-refractivity contribution in [1.82, 2.24) is 19.4 Å². The van der Waals surface area contributed by atoms with Crippen molar-refractivity contribution in [2.75, 3.05) is 33.1 Å². The predicted molar refractivity (Wildman–Crippen MR) is 85.7 cm³/mol.